The molecule has 2 rings (SSSR count). The van der Waals surface area contributed by atoms with Crippen molar-refractivity contribution in [2.75, 3.05) is 13.2 Å². The summed E-state index contributed by atoms with van der Waals surface area (Å²) in [5.41, 5.74) is 0.927. The summed E-state index contributed by atoms with van der Waals surface area (Å²) in [6, 6.07) is 7.65. The molecular weight excluding hydrogens is 252 g/mol. The second-order valence-corrected chi connectivity index (χ2v) is 4.32. The summed E-state index contributed by atoms with van der Waals surface area (Å²) in [5, 5.41) is 8.65. The van der Waals surface area contributed by atoms with Crippen LogP contribution in [-0.2, 0) is 6.54 Å². The van der Waals surface area contributed by atoms with E-state index in [9.17, 15) is 0 Å². The van der Waals surface area contributed by atoms with Gasteiger partial charge in [-0.15, -0.1) is 0 Å². The van der Waals surface area contributed by atoms with Crippen LogP contribution >= 0.6 is 0 Å². The molecule has 0 radical (unpaired) electrons. The number of aromatic nitrogens is 2. The predicted molar refractivity (Wildman–Crippen MR) is 77.5 cm³/mol. The van der Waals surface area contributed by atoms with Crippen molar-refractivity contribution in [2.24, 2.45) is 0 Å². The van der Waals surface area contributed by atoms with E-state index in [1.807, 2.05) is 37.4 Å². The first kappa shape index (κ1) is 14.2. The summed E-state index contributed by atoms with van der Waals surface area (Å²) >= 11 is 0. The van der Waals surface area contributed by atoms with Gasteiger partial charge in [0.15, 0.2) is 0 Å². The Morgan fingerprint density at radius 2 is 2.10 bits per heavy atom. The van der Waals surface area contributed by atoms with Gasteiger partial charge in [-0.25, -0.2) is 4.98 Å². The van der Waals surface area contributed by atoms with Crippen LogP contribution in [0.15, 0.2) is 36.7 Å². The van der Waals surface area contributed by atoms with Crippen LogP contribution in [0.25, 0.3) is 0 Å². The summed E-state index contributed by atoms with van der Waals surface area (Å²) in [6.45, 7) is 3.46. The third-order valence-corrected chi connectivity index (χ3v) is 2.85. The van der Waals surface area contributed by atoms with Crippen LogP contribution in [0.1, 0.15) is 17.8 Å². The SMILES string of the molecule is Cc1nccn1CCOc1ccc(C#CCCO)cc1. The molecule has 0 bridgehead atoms. The van der Waals surface area contributed by atoms with Crippen LogP contribution in [0.3, 0.4) is 0 Å². The minimum Gasteiger partial charge on any atom is -0.492 e. The van der Waals surface area contributed by atoms with Crippen molar-refractivity contribution < 1.29 is 9.84 Å². The van der Waals surface area contributed by atoms with Crippen LogP contribution in [0.5, 0.6) is 5.75 Å². The lowest BCUT2D eigenvalue weighted by Gasteiger charge is -2.08. The van der Waals surface area contributed by atoms with Gasteiger partial charge in [-0.1, -0.05) is 11.8 Å². The third-order valence-electron chi connectivity index (χ3n) is 2.85. The maximum Gasteiger partial charge on any atom is 0.119 e. The second-order valence-electron chi connectivity index (χ2n) is 4.32. The molecule has 2 aromatic rings. The number of hydrogen-bond donors (Lipinski definition) is 1. The monoisotopic (exact) mass is 270 g/mol. The van der Waals surface area contributed by atoms with Crippen LogP contribution < -0.4 is 4.74 Å². The predicted octanol–water partition coefficient (Wildman–Crippen LogP) is 2.00. The fraction of sp³-hybridized carbons (Fsp3) is 0.312. The molecule has 1 heterocycles. The van der Waals surface area contributed by atoms with Gasteiger partial charge in [0.05, 0.1) is 13.2 Å². The average molecular weight is 270 g/mol. The van der Waals surface area contributed by atoms with Crippen molar-refractivity contribution in [3.63, 3.8) is 0 Å². The molecule has 0 saturated carbocycles. The molecule has 0 atom stereocenters. The van der Waals surface area contributed by atoms with E-state index in [1.165, 1.54) is 0 Å². The van der Waals surface area contributed by atoms with E-state index in [1.54, 1.807) is 6.20 Å². The van der Waals surface area contributed by atoms with E-state index in [-0.39, 0.29) is 6.61 Å². The highest BCUT2D eigenvalue weighted by atomic mass is 16.5. The Kier molecular flexibility index (Phi) is 5.22. The normalized spacial score (nSPS) is 9.90. The minimum absolute atomic E-state index is 0.0991. The fourth-order valence-corrected chi connectivity index (χ4v) is 1.76. The van der Waals surface area contributed by atoms with E-state index in [0.29, 0.717) is 13.0 Å². The summed E-state index contributed by atoms with van der Waals surface area (Å²) in [6.07, 6.45) is 4.23. The zero-order chi connectivity index (χ0) is 14.2. The average Bonchev–Trinajstić information content (AvgIpc) is 2.87. The molecule has 1 N–H and O–H groups in total. The van der Waals surface area contributed by atoms with Gasteiger partial charge in [0.1, 0.15) is 18.2 Å². The number of hydrogen-bond acceptors (Lipinski definition) is 3. The summed E-state index contributed by atoms with van der Waals surface area (Å²) in [4.78, 5) is 4.16. The molecule has 1 aromatic carbocycles. The first-order valence-electron chi connectivity index (χ1n) is 6.60. The summed E-state index contributed by atoms with van der Waals surface area (Å²) in [7, 11) is 0. The molecular formula is C16H18N2O2. The molecule has 0 aliphatic heterocycles. The maximum atomic E-state index is 8.65. The van der Waals surface area contributed by atoms with E-state index in [0.717, 1.165) is 23.7 Å². The molecule has 0 unspecified atom stereocenters. The van der Waals surface area contributed by atoms with Gasteiger partial charge in [-0.05, 0) is 31.2 Å². The van der Waals surface area contributed by atoms with Gasteiger partial charge < -0.3 is 14.4 Å². The van der Waals surface area contributed by atoms with Gasteiger partial charge in [-0.3, -0.25) is 0 Å². The highest BCUT2D eigenvalue weighted by Gasteiger charge is 1.97. The van der Waals surface area contributed by atoms with Crippen molar-refractivity contribution >= 4 is 0 Å². The van der Waals surface area contributed by atoms with Crippen LogP contribution in [0.4, 0.5) is 0 Å². The number of aliphatic hydroxyl groups excluding tert-OH is 1. The Morgan fingerprint density at radius 1 is 1.30 bits per heavy atom. The topological polar surface area (TPSA) is 47.3 Å². The molecule has 4 heteroatoms. The number of aliphatic hydroxyl groups is 1. The van der Waals surface area contributed by atoms with Gasteiger partial charge in [0, 0.05) is 24.4 Å². The van der Waals surface area contributed by atoms with E-state index < -0.39 is 0 Å². The second kappa shape index (κ2) is 7.37. The quantitative estimate of drug-likeness (QED) is 0.845. The molecule has 0 aliphatic carbocycles. The lowest BCUT2D eigenvalue weighted by Crippen LogP contribution is -2.08. The zero-order valence-electron chi connectivity index (χ0n) is 11.5. The van der Waals surface area contributed by atoms with Gasteiger partial charge >= 0.3 is 0 Å². The van der Waals surface area contributed by atoms with E-state index >= 15 is 0 Å². The first-order valence-corrected chi connectivity index (χ1v) is 6.60. The molecule has 1 aromatic heterocycles. The largest absolute Gasteiger partial charge is 0.492 e. The smallest absolute Gasteiger partial charge is 0.119 e. The molecule has 0 aliphatic rings. The number of ether oxygens (including phenoxy) is 1. The van der Waals surface area contributed by atoms with Crippen molar-refractivity contribution in [3.8, 4) is 17.6 Å². The maximum absolute atomic E-state index is 8.65. The molecule has 104 valence electrons. The molecule has 0 fully saturated rings. The van der Waals surface area contributed by atoms with E-state index in [4.69, 9.17) is 9.84 Å². The number of imidazole rings is 1. The number of nitrogens with zero attached hydrogens (tertiary/aromatic N) is 2. The van der Waals surface area contributed by atoms with Gasteiger partial charge in [0.25, 0.3) is 0 Å². The number of rotatable bonds is 5. The summed E-state index contributed by atoms with van der Waals surface area (Å²) < 4.78 is 7.73. The molecule has 0 saturated heterocycles. The Labute approximate surface area is 119 Å². The van der Waals surface area contributed by atoms with Crippen LogP contribution in [0, 0.1) is 18.8 Å². The third kappa shape index (κ3) is 4.15. The van der Waals surface area contributed by atoms with Crippen molar-refractivity contribution in [1.82, 2.24) is 9.55 Å². The Morgan fingerprint density at radius 3 is 2.75 bits per heavy atom. The summed E-state index contributed by atoms with van der Waals surface area (Å²) in [5.74, 6) is 7.69. The zero-order valence-corrected chi connectivity index (χ0v) is 11.5. The molecule has 20 heavy (non-hydrogen) atoms. The van der Waals surface area contributed by atoms with E-state index in [2.05, 4.69) is 21.4 Å². The first-order chi connectivity index (χ1) is 9.79. The highest BCUT2D eigenvalue weighted by molar-refractivity contribution is 5.38. The molecule has 0 spiro atoms. The minimum atomic E-state index is 0.0991. The molecule has 4 nitrogen and oxygen atoms in total. The lowest BCUT2D eigenvalue weighted by atomic mass is 10.2. The van der Waals surface area contributed by atoms with Gasteiger partial charge in [-0.2, -0.15) is 0 Å². The van der Waals surface area contributed by atoms with Crippen LogP contribution in [0.2, 0.25) is 0 Å². The van der Waals surface area contributed by atoms with Crippen molar-refractivity contribution in [3.05, 3.63) is 48.0 Å². The Hall–Kier alpha value is -2.25. The number of benzene rings is 1. The van der Waals surface area contributed by atoms with Crippen molar-refractivity contribution in [2.45, 2.75) is 19.9 Å². The highest BCUT2D eigenvalue weighted by Crippen LogP contribution is 2.11. The van der Waals surface area contributed by atoms with Crippen molar-refractivity contribution in [1.29, 1.82) is 0 Å². The van der Waals surface area contributed by atoms with Gasteiger partial charge in [0.2, 0.25) is 0 Å². The lowest BCUT2D eigenvalue weighted by molar-refractivity contribution is 0.297. The number of aryl methyl sites for hydroxylation is 1. The fourth-order valence-electron chi connectivity index (χ4n) is 1.76. The Balaban J connectivity index is 1.82. The molecule has 0 amide bonds. The standard InChI is InChI=1S/C16H18N2O2/c1-14-17-9-10-18(14)11-13-20-16-7-5-15(6-8-16)4-2-3-12-19/h5-10,19H,3,11-13H2,1H3. The van der Waals surface area contributed by atoms with Crippen LogP contribution in [-0.4, -0.2) is 27.9 Å². The Bertz CT molecular complexity index is 591.